The van der Waals surface area contributed by atoms with Gasteiger partial charge in [-0.2, -0.15) is 10.4 Å². The van der Waals surface area contributed by atoms with Crippen molar-refractivity contribution in [3.05, 3.63) is 78.0 Å². The number of benzene rings is 2. The van der Waals surface area contributed by atoms with Gasteiger partial charge in [-0.15, -0.1) is 0 Å². The van der Waals surface area contributed by atoms with Gasteiger partial charge in [0.1, 0.15) is 5.69 Å². The molecule has 0 fully saturated rings. The molecule has 3 aromatic rings. The molecule has 0 radical (unpaired) electrons. The Morgan fingerprint density at radius 2 is 1.81 bits per heavy atom. The van der Waals surface area contributed by atoms with Crippen molar-refractivity contribution in [3.63, 3.8) is 0 Å². The lowest BCUT2D eigenvalue weighted by molar-refractivity contribution is 0.0889. The molecule has 2 aromatic carbocycles. The van der Waals surface area contributed by atoms with Crippen LogP contribution in [0.5, 0.6) is 0 Å². The number of carbonyl (C=O) groups excluding carboxylic acids is 1. The fourth-order valence-electron chi connectivity index (χ4n) is 2.91. The zero-order chi connectivity index (χ0) is 19.2. The molecule has 2 atom stereocenters. The van der Waals surface area contributed by atoms with Gasteiger partial charge >= 0.3 is 0 Å². The number of aliphatic hydroxyl groups excluding tert-OH is 1. The summed E-state index contributed by atoms with van der Waals surface area (Å²) in [4.78, 5) is 12.9. The summed E-state index contributed by atoms with van der Waals surface area (Å²) in [6, 6.07) is 19.9. The van der Waals surface area contributed by atoms with Gasteiger partial charge in [-0.05, 0) is 12.0 Å². The molecule has 1 amide bonds. The molecule has 1 unspecified atom stereocenters. The van der Waals surface area contributed by atoms with Crippen molar-refractivity contribution in [1.82, 2.24) is 15.1 Å². The molecule has 6 heteroatoms. The summed E-state index contributed by atoms with van der Waals surface area (Å²) in [6.45, 7) is 0. The molecule has 0 aliphatic rings. The first-order valence-electron chi connectivity index (χ1n) is 8.60. The molecule has 0 aliphatic heterocycles. The SMILES string of the molecule is Cn1cc(C(=O)N[C@@H](Cc2ccccc2)C(O)C#N)c(-c2ccccc2)n1. The Kier molecular flexibility index (Phi) is 5.64. The van der Waals surface area contributed by atoms with Gasteiger partial charge in [-0.25, -0.2) is 0 Å². The fourth-order valence-corrected chi connectivity index (χ4v) is 2.91. The van der Waals surface area contributed by atoms with E-state index in [4.69, 9.17) is 5.26 Å². The van der Waals surface area contributed by atoms with Crippen molar-refractivity contribution in [1.29, 1.82) is 5.26 Å². The van der Waals surface area contributed by atoms with E-state index in [1.54, 1.807) is 17.9 Å². The maximum Gasteiger partial charge on any atom is 0.255 e. The van der Waals surface area contributed by atoms with E-state index in [2.05, 4.69) is 10.4 Å². The van der Waals surface area contributed by atoms with Crippen LogP contribution in [0.4, 0.5) is 0 Å². The number of aryl methyl sites for hydroxylation is 1. The van der Waals surface area contributed by atoms with Crippen molar-refractivity contribution in [3.8, 4) is 17.3 Å². The molecule has 3 rings (SSSR count). The number of nitrogens with one attached hydrogen (secondary N) is 1. The van der Waals surface area contributed by atoms with Crippen molar-refractivity contribution < 1.29 is 9.90 Å². The number of nitrogens with zero attached hydrogens (tertiary/aromatic N) is 3. The van der Waals surface area contributed by atoms with Gasteiger partial charge in [0, 0.05) is 18.8 Å². The van der Waals surface area contributed by atoms with Crippen molar-refractivity contribution >= 4 is 5.91 Å². The molecule has 1 heterocycles. The van der Waals surface area contributed by atoms with Gasteiger partial charge in [0.05, 0.1) is 17.7 Å². The fraction of sp³-hybridized carbons (Fsp3) is 0.190. The highest BCUT2D eigenvalue weighted by molar-refractivity contribution is 6.00. The van der Waals surface area contributed by atoms with Crippen LogP contribution in [-0.4, -0.2) is 32.9 Å². The molecular weight excluding hydrogens is 340 g/mol. The summed E-state index contributed by atoms with van der Waals surface area (Å²) < 4.78 is 1.57. The lowest BCUT2D eigenvalue weighted by atomic mass is 10.0. The summed E-state index contributed by atoms with van der Waals surface area (Å²) in [5, 5.41) is 26.4. The Morgan fingerprint density at radius 1 is 1.19 bits per heavy atom. The number of carbonyl (C=O) groups is 1. The minimum absolute atomic E-state index is 0.349. The van der Waals surface area contributed by atoms with Crippen LogP contribution in [0.15, 0.2) is 66.9 Å². The first-order chi connectivity index (χ1) is 13.1. The van der Waals surface area contributed by atoms with Crippen LogP contribution in [0, 0.1) is 11.3 Å². The number of rotatable bonds is 6. The molecule has 27 heavy (non-hydrogen) atoms. The Balaban J connectivity index is 1.85. The Hall–Kier alpha value is -3.43. The van der Waals surface area contributed by atoms with Crippen LogP contribution in [0.3, 0.4) is 0 Å². The van der Waals surface area contributed by atoms with Crippen molar-refractivity contribution in [2.75, 3.05) is 0 Å². The van der Waals surface area contributed by atoms with Crippen molar-refractivity contribution in [2.45, 2.75) is 18.6 Å². The van der Waals surface area contributed by atoms with Crippen LogP contribution in [-0.2, 0) is 13.5 Å². The van der Waals surface area contributed by atoms with E-state index < -0.39 is 12.1 Å². The lowest BCUT2D eigenvalue weighted by Crippen LogP contribution is -2.44. The Bertz CT molecular complexity index is 945. The van der Waals surface area contributed by atoms with E-state index in [9.17, 15) is 9.90 Å². The average molecular weight is 360 g/mol. The van der Waals surface area contributed by atoms with Crippen LogP contribution >= 0.6 is 0 Å². The second-order valence-electron chi connectivity index (χ2n) is 6.27. The topological polar surface area (TPSA) is 90.9 Å². The average Bonchev–Trinajstić information content (AvgIpc) is 3.10. The number of hydrogen-bond acceptors (Lipinski definition) is 4. The molecule has 1 aromatic heterocycles. The third-order valence-corrected chi connectivity index (χ3v) is 4.25. The predicted octanol–water partition coefficient (Wildman–Crippen LogP) is 2.31. The van der Waals surface area contributed by atoms with E-state index in [1.807, 2.05) is 66.7 Å². The Labute approximate surface area is 157 Å². The van der Waals surface area contributed by atoms with E-state index >= 15 is 0 Å². The molecule has 0 bridgehead atoms. The smallest absolute Gasteiger partial charge is 0.255 e. The molecule has 0 saturated carbocycles. The molecule has 2 N–H and O–H groups in total. The predicted molar refractivity (Wildman–Crippen MR) is 102 cm³/mol. The van der Waals surface area contributed by atoms with E-state index in [-0.39, 0.29) is 5.91 Å². The number of amides is 1. The largest absolute Gasteiger partial charge is 0.376 e. The first kappa shape index (κ1) is 18.4. The lowest BCUT2D eigenvalue weighted by Gasteiger charge is -2.20. The highest BCUT2D eigenvalue weighted by atomic mass is 16.3. The van der Waals surface area contributed by atoms with Gasteiger partial charge < -0.3 is 10.4 Å². The number of aliphatic hydroxyl groups is 1. The molecular formula is C21H20N4O2. The maximum absolute atomic E-state index is 12.9. The summed E-state index contributed by atoms with van der Waals surface area (Å²) in [6.07, 6.45) is 0.670. The van der Waals surface area contributed by atoms with Crippen LogP contribution < -0.4 is 5.32 Å². The molecule has 0 spiro atoms. The molecule has 0 saturated heterocycles. The van der Waals surface area contributed by atoms with E-state index in [1.165, 1.54) is 0 Å². The van der Waals surface area contributed by atoms with Crippen LogP contribution in [0.25, 0.3) is 11.3 Å². The highest BCUT2D eigenvalue weighted by Gasteiger charge is 2.25. The summed E-state index contributed by atoms with van der Waals surface area (Å²) >= 11 is 0. The van der Waals surface area contributed by atoms with E-state index in [0.29, 0.717) is 17.7 Å². The first-order valence-corrected chi connectivity index (χ1v) is 8.60. The molecule has 0 aliphatic carbocycles. The van der Waals surface area contributed by atoms with Crippen molar-refractivity contribution in [2.24, 2.45) is 7.05 Å². The minimum atomic E-state index is -1.31. The number of aromatic nitrogens is 2. The number of hydrogen-bond donors (Lipinski definition) is 2. The standard InChI is InChI=1S/C21H20N4O2/c1-25-14-17(20(24-25)16-10-6-3-7-11-16)21(27)23-18(19(26)13-22)12-15-8-4-2-5-9-15/h2-11,14,18-19,26H,12H2,1H3,(H,23,27)/t18-,19?/m0/s1. The summed E-state index contributed by atoms with van der Waals surface area (Å²) in [5.41, 5.74) is 2.70. The molecule has 6 nitrogen and oxygen atoms in total. The zero-order valence-electron chi connectivity index (χ0n) is 14.9. The van der Waals surface area contributed by atoms with Crippen LogP contribution in [0.1, 0.15) is 15.9 Å². The quantitative estimate of drug-likeness (QED) is 0.660. The van der Waals surface area contributed by atoms with Gasteiger partial charge in [-0.3, -0.25) is 9.48 Å². The number of nitriles is 1. The summed E-state index contributed by atoms with van der Waals surface area (Å²) in [5.74, 6) is -0.378. The normalized spacial score (nSPS) is 12.8. The minimum Gasteiger partial charge on any atom is -0.376 e. The summed E-state index contributed by atoms with van der Waals surface area (Å²) in [7, 11) is 1.74. The zero-order valence-corrected chi connectivity index (χ0v) is 14.9. The third-order valence-electron chi connectivity index (χ3n) is 4.25. The van der Waals surface area contributed by atoms with Gasteiger partial charge in [-0.1, -0.05) is 60.7 Å². The van der Waals surface area contributed by atoms with Gasteiger partial charge in [0.25, 0.3) is 5.91 Å². The third kappa shape index (κ3) is 4.40. The molecule has 136 valence electrons. The van der Waals surface area contributed by atoms with Gasteiger partial charge in [0.2, 0.25) is 0 Å². The monoisotopic (exact) mass is 360 g/mol. The second kappa shape index (κ2) is 8.30. The van der Waals surface area contributed by atoms with E-state index in [0.717, 1.165) is 11.1 Å². The maximum atomic E-state index is 12.9. The van der Waals surface area contributed by atoms with Crippen LogP contribution in [0.2, 0.25) is 0 Å². The second-order valence-corrected chi connectivity index (χ2v) is 6.27. The van der Waals surface area contributed by atoms with Gasteiger partial charge in [0.15, 0.2) is 6.10 Å². The Morgan fingerprint density at radius 3 is 2.44 bits per heavy atom. The highest BCUT2D eigenvalue weighted by Crippen LogP contribution is 2.22.